The largest absolute Gasteiger partial charge is 0.325 e. The Balaban J connectivity index is 2.08. The predicted molar refractivity (Wildman–Crippen MR) is 111 cm³/mol. The van der Waals surface area contributed by atoms with E-state index in [-0.39, 0.29) is 16.7 Å². The zero-order valence-electron chi connectivity index (χ0n) is 14.9. The molecule has 2 N–H and O–H groups in total. The summed E-state index contributed by atoms with van der Waals surface area (Å²) in [5.74, 6) is 0.519. The maximum Gasteiger partial charge on any atom is 0.251 e. The molecule has 1 heterocycles. The van der Waals surface area contributed by atoms with Crippen LogP contribution < -0.4 is 10.9 Å². The number of aromatic nitrogens is 2. The molecule has 0 bridgehead atoms. The third-order valence-electron chi connectivity index (χ3n) is 3.35. The molecule has 0 spiro atoms. The van der Waals surface area contributed by atoms with Crippen LogP contribution in [0.15, 0.2) is 40.3 Å². The van der Waals surface area contributed by atoms with Crippen LogP contribution in [0.25, 0.3) is 0 Å². The molecule has 26 heavy (non-hydrogen) atoms. The SMILES string of the molecule is CCC(Sc1nc(CSC(C)C)cc(=O)[nH]1)C(=O)Nc1cccc(Cl)c1. The van der Waals surface area contributed by atoms with Gasteiger partial charge in [-0.1, -0.05) is 50.2 Å². The number of carbonyl (C=O) groups excluding carboxylic acids is 1. The van der Waals surface area contributed by atoms with Gasteiger partial charge in [0.05, 0.1) is 10.9 Å². The molecular formula is C18H22ClN3O2S2. The van der Waals surface area contributed by atoms with E-state index in [0.717, 1.165) is 5.69 Å². The van der Waals surface area contributed by atoms with Gasteiger partial charge >= 0.3 is 0 Å². The van der Waals surface area contributed by atoms with E-state index in [1.54, 1.807) is 36.0 Å². The molecule has 0 aliphatic carbocycles. The molecule has 2 aromatic rings. The van der Waals surface area contributed by atoms with Gasteiger partial charge in [0.2, 0.25) is 5.91 Å². The minimum Gasteiger partial charge on any atom is -0.325 e. The molecule has 140 valence electrons. The van der Waals surface area contributed by atoms with E-state index in [4.69, 9.17) is 11.6 Å². The zero-order chi connectivity index (χ0) is 19.1. The quantitative estimate of drug-likeness (QED) is 0.491. The molecule has 1 aromatic heterocycles. The van der Waals surface area contributed by atoms with Gasteiger partial charge in [-0.15, -0.1) is 0 Å². The Labute approximate surface area is 166 Å². The minimum absolute atomic E-state index is 0.149. The lowest BCUT2D eigenvalue weighted by Gasteiger charge is -2.14. The maximum atomic E-state index is 12.5. The topological polar surface area (TPSA) is 74.8 Å². The summed E-state index contributed by atoms with van der Waals surface area (Å²) in [6, 6.07) is 8.51. The molecule has 0 saturated heterocycles. The van der Waals surface area contributed by atoms with Crippen molar-refractivity contribution in [2.45, 2.75) is 48.6 Å². The second kappa shape index (κ2) is 10.0. The fraction of sp³-hybridized carbons (Fsp3) is 0.389. The van der Waals surface area contributed by atoms with E-state index in [9.17, 15) is 9.59 Å². The second-order valence-corrected chi connectivity index (χ2v) is 9.11. The monoisotopic (exact) mass is 411 g/mol. The number of halogens is 1. The number of benzene rings is 1. The summed E-state index contributed by atoms with van der Waals surface area (Å²) in [6.07, 6.45) is 0.603. The van der Waals surface area contributed by atoms with E-state index in [0.29, 0.717) is 33.3 Å². The van der Waals surface area contributed by atoms with Gasteiger partial charge in [-0.05, 0) is 29.9 Å². The Morgan fingerprint density at radius 3 is 2.77 bits per heavy atom. The first-order chi connectivity index (χ1) is 12.4. The number of carbonyl (C=O) groups is 1. The average Bonchev–Trinajstić information content (AvgIpc) is 2.57. The first-order valence-electron chi connectivity index (χ1n) is 8.32. The van der Waals surface area contributed by atoms with Crippen molar-refractivity contribution in [2.75, 3.05) is 5.32 Å². The highest BCUT2D eigenvalue weighted by Crippen LogP contribution is 2.24. The standard InChI is InChI=1S/C18H22ClN3O2S2/c1-4-15(17(24)20-13-7-5-6-12(19)8-13)26-18-21-14(9-16(23)22-18)10-25-11(2)3/h5-9,11,15H,4,10H2,1-3H3,(H,20,24)(H,21,22,23). The highest BCUT2D eigenvalue weighted by Gasteiger charge is 2.20. The van der Waals surface area contributed by atoms with Gasteiger partial charge in [-0.3, -0.25) is 9.59 Å². The van der Waals surface area contributed by atoms with E-state index < -0.39 is 0 Å². The normalized spacial score (nSPS) is 12.2. The van der Waals surface area contributed by atoms with Crippen molar-refractivity contribution in [2.24, 2.45) is 0 Å². The molecule has 1 amide bonds. The van der Waals surface area contributed by atoms with Crippen molar-refractivity contribution in [1.29, 1.82) is 0 Å². The van der Waals surface area contributed by atoms with Crippen LogP contribution in [0.4, 0.5) is 5.69 Å². The van der Waals surface area contributed by atoms with Crippen molar-refractivity contribution in [3.05, 3.63) is 51.4 Å². The van der Waals surface area contributed by atoms with E-state index in [2.05, 4.69) is 29.1 Å². The molecule has 5 nitrogen and oxygen atoms in total. The Morgan fingerprint density at radius 2 is 2.12 bits per heavy atom. The summed E-state index contributed by atoms with van der Waals surface area (Å²) in [5.41, 5.74) is 1.16. The van der Waals surface area contributed by atoms with Crippen molar-refractivity contribution in [3.63, 3.8) is 0 Å². The number of hydrogen-bond acceptors (Lipinski definition) is 5. The lowest BCUT2D eigenvalue weighted by atomic mass is 10.3. The van der Waals surface area contributed by atoms with Crippen LogP contribution in [0.2, 0.25) is 5.02 Å². The number of aromatic amines is 1. The van der Waals surface area contributed by atoms with Crippen LogP contribution in [0.5, 0.6) is 0 Å². The number of anilines is 1. The van der Waals surface area contributed by atoms with Gasteiger partial charge in [0.1, 0.15) is 0 Å². The van der Waals surface area contributed by atoms with Gasteiger partial charge in [0.25, 0.3) is 5.56 Å². The highest BCUT2D eigenvalue weighted by atomic mass is 35.5. The molecule has 1 aromatic carbocycles. The van der Waals surface area contributed by atoms with Crippen LogP contribution in [-0.4, -0.2) is 26.4 Å². The van der Waals surface area contributed by atoms with Crippen LogP contribution in [0, 0.1) is 0 Å². The van der Waals surface area contributed by atoms with Gasteiger partial charge in [-0.2, -0.15) is 11.8 Å². The molecule has 0 aliphatic rings. The number of thioether (sulfide) groups is 2. The second-order valence-electron chi connectivity index (χ2n) is 5.92. The number of nitrogens with zero attached hydrogens (tertiary/aromatic N) is 1. The van der Waals surface area contributed by atoms with Crippen LogP contribution in [0.1, 0.15) is 32.9 Å². The summed E-state index contributed by atoms with van der Waals surface area (Å²) < 4.78 is 0. The first kappa shape index (κ1) is 20.9. The van der Waals surface area contributed by atoms with Gasteiger partial charge in [0, 0.05) is 22.5 Å². The Morgan fingerprint density at radius 1 is 1.35 bits per heavy atom. The minimum atomic E-state index is -0.370. The lowest BCUT2D eigenvalue weighted by Crippen LogP contribution is -2.25. The molecule has 1 unspecified atom stereocenters. The molecule has 0 saturated carbocycles. The molecule has 0 fully saturated rings. The van der Waals surface area contributed by atoms with Crippen molar-refractivity contribution in [1.82, 2.24) is 9.97 Å². The molecule has 0 radical (unpaired) electrons. The number of rotatable bonds is 8. The Bertz CT molecular complexity index is 811. The van der Waals surface area contributed by atoms with Crippen molar-refractivity contribution >= 4 is 46.7 Å². The van der Waals surface area contributed by atoms with Gasteiger partial charge < -0.3 is 10.3 Å². The van der Waals surface area contributed by atoms with Crippen molar-refractivity contribution < 1.29 is 4.79 Å². The molecule has 1 atom stereocenters. The summed E-state index contributed by atoms with van der Waals surface area (Å²) in [4.78, 5) is 31.6. The zero-order valence-corrected chi connectivity index (χ0v) is 17.3. The summed E-state index contributed by atoms with van der Waals surface area (Å²) in [6.45, 7) is 6.12. The van der Waals surface area contributed by atoms with E-state index >= 15 is 0 Å². The predicted octanol–water partition coefficient (Wildman–Crippen LogP) is 4.57. The first-order valence-corrected chi connectivity index (χ1v) is 10.6. The maximum absolute atomic E-state index is 12.5. The third kappa shape index (κ3) is 6.70. The number of hydrogen-bond donors (Lipinski definition) is 2. The van der Waals surface area contributed by atoms with Crippen molar-refractivity contribution in [3.8, 4) is 0 Å². The van der Waals surface area contributed by atoms with Crippen LogP contribution in [0.3, 0.4) is 0 Å². The van der Waals surface area contributed by atoms with E-state index in [1.165, 1.54) is 17.8 Å². The molecule has 8 heteroatoms. The summed E-state index contributed by atoms with van der Waals surface area (Å²) in [7, 11) is 0. The van der Waals surface area contributed by atoms with Gasteiger partial charge in [-0.25, -0.2) is 4.98 Å². The summed E-state index contributed by atoms with van der Waals surface area (Å²) >= 11 is 8.93. The fourth-order valence-electron chi connectivity index (χ4n) is 2.11. The van der Waals surface area contributed by atoms with Crippen LogP contribution in [-0.2, 0) is 10.5 Å². The molecule has 2 rings (SSSR count). The number of amides is 1. The van der Waals surface area contributed by atoms with Crippen LogP contribution >= 0.6 is 35.1 Å². The molecular weight excluding hydrogens is 390 g/mol. The summed E-state index contributed by atoms with van der Waals surface area (Å²) in [5, 5.41) is 3.97. The molecule has 0 aliphatic heterocycles. The number of nitrogens with one attached hydrogen (secondary N) is 2. The third-order valence-corrected chi connectivity index (χ3v) is 5.96. The van der Waals surface area contributed by atoms with Gasteiger partial charge in [0.15, 0.2) is 5.16 Å². The smallest absolute Gasteiger partial charge is 0.251 e. The average molecular weight is 412 g/mol. The lowest BCUT2D eigenvalue weighted by molar-refractivity contribution is -0.115. The Kier molecular flexibility index (Phi) is 8.06. The fourth-order valence-corrected chi connectivity index (χ4v) is 3.89. The highest BCUT2D eigenvalue weighted by molar-refractivity contribution is 8.00. The Hall–Kier alpha value is -1.44. The van der Waals surface area contributed by atoms with E-state index in [1.807, 2.05) is 6.92 Å². The number of H-pyrrole nitrogens is 1.